The molecule has 38 heavy (non-hydrogen) atoms. The average molecular weight is 491 g/mol. The van der Waals surface area contributed by atoms with E-state index in [2.05, 4.69) is 142 Å². The van der Waals surface area contributed by atoms with Gasteiger partial charge in [0.1, 0.15) is 11.5 Å². The topological polar surface area (TPSA) is 12.5 Å². The first-order chi connectivity index (χ1) is 18.4. The van der Waals surface area contributed by atoms with Crippen LogP contribution in [0.15, 0.2) is 109 Å². The highest BCUT2D eigenvalue weighted by atomic mass is 16.5. The molecule has 0 aromatic heterocycles. The minimum atomic E-state index is -0.0825. The molecule has 7 rings (SSSR count). The maximum absolute atomic E-state index is 6.63. The Morgan fingerprint density at radius 3 is 1.87 bits per heavy atom. The van der Waals surface area contributed by atoms with E-state index in [-0.39, 0.29) is 12.1 Å². The van der Waals surface area contributed by atoms with Crippen molar-refractivity contribution in [2.24, 2.45) is 0 Å². The quantitative estimate of drug-likeness (QED) is 0.241. The molecule has 2 nitrogen and oxygen atoms in total. The van der Waals surface area contributed by atoms with Crippen LogP contribution in [0.25, 0.3) is 0 Å². The van der Waals surface area contributed by atoms with Crippen molar-refractivity contribution < 1.29 is 4.74 Å². The zero-order valence-corrected chi connectivity index (χ0v) is 22.3. The molecule has 2 aliphatic rings. The molecule has 2 heterocycles. The number of nitrogens with zero attached hydrogens (tertiary/aromatic N) is 1. The molecule has 0 unspecified atom stereocenters. The molecule has 0 fully saturated rings. The zero-order valence-electron chi connectivity index (χ0n) is 22.3. The number of ether oxygens (including phenoxy) is 1. The lowest BCUT2D eigenvalue weighted by Crippen LogP contribution is -2.56. The summed E-state index contributed by atoms with van der Waals surface area (Å²) in [6.07, 6.45) is 0. The van der Waals surface area contributed by atoms with Gasteiger partial charge in [0.15, 0.2) is 0 Å². The average Bonchev–Trinajstić information content (AvgIpc) is 2.93. The van der Waals surface area contributed by atoms with Gasteiger partial charge in [-0.3, -0.25) is 0 Å². The van der Waals surface area contributed by atoms with E-state index >= 15 is 0 Å². The molecule has 0 radical (unpaired) electrons. The second-order valence-electron chi connectivity index (χ2n) is 11.1. The fraction of sp³-hybridized carbons (Fsp3) is 0.143. The molecule has 0 aliphatic carbocycles. The summed E-state index contributed by atoms with van der Waals surface area (Å²) < 4.78 is 6.63. The molecular formula is C35H30BNO. The van der Waals surface area contributed by atoms with Crippen molar-refractivity contribution in [2.75, 3.05) is 4.90 Å². The second kappa shape index (κ2) is 8.39. The van der Waals surface area contributed by atoms with Gasteiger partial charge in [-0.1, -0.05) is 109 Å². The summed E-state index contributed by atoms with van der Waals surface area (Å²) in [5, 5.41) is 0. The third kappa shape index (κ3) is 3.28. The molecule has 0 atom stereocenters. The Morgan fingerprint density at radius 1 is 0.605 bits per heavy atom. The largest absolute Gasteiger partial charge is 0.458 e. The fourth-order valence-corrected chi connectivity index (χ4v) is 6.63. The van der Waals surface area contributed by atoms with Crippen molar-refractivity contribution in [1.82, 2.24) is 0 Å². The number of hydrogen-bond acceptors (Lipinski definition) is 2. The summed E-state index contributed by atoms with van der Waals surface area (Å²) in [6, 6.07) is 39.4. The van der Waals surface area contributed by atoms with Crippen molar-refractivity contribution in [3.05, 3.63) is 131 Å². The van der Waals surface area contributed by atoms with E-state index in [0.717, 1.165) is 17.2 Å². The molecule has 2 aliphatic heterocycles. The van der Waals surface area contributed by atoms with Crippen LogP contribution in [-0.2, 0) is 5.41 Å². The molecular weight excluding hydrogens is 461 g/mol. The number of fused-ring (bicyclic) bond motifs is 4. The maximum Gasteiger partial charge on any atom is 0.251 e. The van der Waals surface area contributed by atoms with Crippen LogP contribution in [0.2, 0.25) is 0 Å². The van der Waals surface area contributed by atoms with E-state index in [1.165, 1.54) is 50.0 Å². The minimum absolute atomic E-state index is 0.0825. The van der Waals surface area contributed by atoms with Gasteiger partial charge in [0, 0.05) is 17.2 Å². The lowest BCUT2D eigenvalue weighted by Gasteiger charge is -2.42. The Bertz CT molecular complexity index is 1650. The standard InChI is InChI=1S/C35H30BNO/c1-23-12-11-13-24(2)34(23)36-28-16-7-10-19-32(28)38-33-22-25(20-21-29(33)36)37-30-17-8-5-14-26(30)35(3,4)27-15-6-9-18-31(27)37/h5-22H,1-4H3. The van der Waals surface area contributed by atoms with Crippen molar-refractivity contribution in [3.63, 3.8) is 0 Å². The van der Waals surface area contributed by atoms with Gasteiger partial charge in [-0.15, -0.1) is 0 Å². The SMILES string of the molecule is Cc1cccc(C)c1B1c2ccccc2Oc2cc(N3c4ccccc4C(C)(C)c4ccccc43)ccc21. The first kappa shape index (κ1) is 22.9. The second-order valence-corrected chi connectivity index (χ2v) is 11.1. The molecule has 0 bridgehead atoms. The number of anilines is 3. The molecule has 184 valence electrons. The molecule has 3 heteroatoms. The molecule has 0 amide bonds. The predicted octanol–water partition coefficient (Wildman–Crippen LogP) is 7.03. The molecule has 5 aromatic rings. The van der Waals surface area contributed by atoms with Crippen LogP contribution < -0.4 is 26.0 Å². The molecule has 0 N–H and O–H groups in total. The fourth-order valence-electron chi connectivity index (χ4n) is 6.63. The van der Waals surface area contributed by atoms with Gasteiger partial charge in [0.05, 0.1) is 11.4 Å². The zero-order chi connectivity index (χ0) is 26.0. The van der Waals surface area contributed by atoms with Gasteiger partial charge in [-0.05, 0) is 60.2 Å². The Balaban J connectivity index is 1.44. The molecule has 5 aromatic carbocycles. The van der Waals surface area contributed by atoms with Gasteiger partial charge in [0.25, 0.3) is 6.71 Å². The Morgan fingerprint density at radius 2 is 1.18 bits per heavy atom. The Labute approximate surface area is 225 Å². The van der Waals surface area contributed by atoms with Gasteiger partial charge >= 0.3 is 0 Å². The number of para-hydroxylation sites is 3. The first-order valence-electron chi connectivity index (χ1n) is 13.4. The van der Waals surface area contributed by atoms with Crippen LogP contribution >= 0.6 is 0 Å². The highest BCUT2D eigenvalue weighted by Crippen LogP contribution is 2.51. The van der Waals surface area contributed by atoms with Gasteiger partial charge < -0.3 is 9.64 Å². The van der Waals surface area contributed by atoms with Crippen LogP contribution in [0.5, 0.6) is 11.5 Å². The normalized spacial score (nSPS) is 14.6. The van der Waals surface area contributed by atoms with Gasteiger partial charge in [0.2, 0.25) is 0 Å². The summed E-state index contributed by atoms with van der Waals surface area (Å²) in [6.45, 7) is 9.22. The number of rotatable bonds is 2. The van der Waals surface area contributed by atoms with Crippen molar-refractivity contribution in [2.45, 2.75) is 33.1 Å². The first-order valence-corrected chi connectivity index (χ1v) is 13.4. The van der Waals surface area contributed by atoms with E-state index in [1.54, 1.807) is 0 Å². The molecule has 0 saturated heterocycles. The highest BCUT2D eigenvalue weighted by Gasteiger charge is 2.38. The summed E-state index contributed by atoms with van der Waals surface area (Å²) >= 11 is 0. The van der Waals surface area contributed by atoms with Crippen molar-refractivity contribution >= 4 is 40.2 Å². The van der Waals surface area contributed by atoms with E-state index in [4.69, 9.17) is 4.74 Å². The Kier molecular flexibility index (Phi) is 5.06. The Hall–Kier alpha value is -4.24. The van der Waals surface area contributed by atoms with Gasteiger partial charge in [-0.25, -0.2) is 0 Å². The number of aryl methyl sites for hydroxylation is 2. The van der Waals surface area contributed by atoms with Crippen LogP contribution in [0.1, 0.15) is 36.1 Å². The maximum atomic E-state index is 6.63. The van der Waals surface area contributed by atoms with Crippen molar-refractivity contribution in [3.8, 4) is 11.5 Å². The van der Waals surface area contributed by atoms with E-state index in [9.17, 15) is 0 Å². The van der Waals surface area contributed by atoms with Crippen LogP contribution in [0.3, 0.4) is 0 Å². The minimum Gasteiger partial charge on any atom is -0.458 e. The third-order valence-electron chi connectivity index (χ3n) is 8.48. The lowest BCUT2D eigenvalue weighted by atomic mass is 9.34. The van der Waals surface area contributed by atoms with Crippen LogP contribution in [-0.4, -0.2) is 6.71 Å². The summed E-state index contributed by atoms with van der Waals surface area (Å²) in [4.78, 5) is 2.40. The van der Waals surface area contributed by atoms with E-state index < -0.39 is 0 Å². The van der Waals surface area contributed by atoms with Crippen LogP contribution in [0, 0.1) is 13.8 Å². The van der Waals surface area contributed by atoms with E-state index in [0.29, 0.717) is 0 Å². The van der Waals surface area contributed by atoms with E-state index in [1.807, 2.05) is 0 Å². The lowest BCUT2D eigenvalue weighted by molar-refractivity contribution is 0.487. The summed E-state index contributed by atoms with van der Waals surface area (Å²) in [7, 11) is 0. The predicted molar refractivity (Wildman–Crippen MR) is 160 cm³/mol. The monoisotopic (exact) mass is 491 g/mol. The highest BCUT2D eigenvalue weighted by molar-refractivity contribution is 6.97. The smallest absolute Gasteiger partial charge is 0.251 e. The summed E-state index contributed by atoms with van der Waals surface area (Å²) in [5.41, 5.74) is 12.5. The van der Waals surface area contributed by atoms with Crippen molar-refractivity contribution in [1.29, 1.82) is 0 Å². The van der Waals surface area contributed by atoms with Crippen LogP contribution in [0.4, 0.5) is 17.1 Å². The molecule has 0 saturated carbocycles. The third-order valence-corrected chi connectivity index (χ3v) is 8.48. The number of benzene rings is 5. The number of hydrogen-bond donors (Lipinski definition) is 0. The molecule has 0 spiro atoms. The summed E-state index contributed by atoms with van der Waals surface area (Å²) in [5.74, 6) is 1.86. The van der Waals surface area contributed by atoms with Gasteiger partial charge in [-0.2, -0.15) is 0 Å².